The molecule has 0 saturated heterocycles. The first-order valence-electron chi connectivity index (χ1n) is 4.49. The lowest BCUT2D eigenvalue weighted by molar-refractivity contribution is 0.477. The second-order valence-corrected chi connectivity index (χ2v) is 3.84. The molecule has 0 N–H and O–H groups in total. The first-order valence-corrected chi connectivity index (χ1v) is 4.49. The van der Waals surface area contributed by atoms with Crippen molar-refractivity contribution < 1.29 is 0 Å². The van der Waals surface area contributed by atoms with Crippen molar-refractivity contribution in [2.45, 2.75) is 13.3 Å². The fourth-order valence-electron chi connectivity index (χ4n) is 2.06. The van der Waals surface area contributed by atoms with Crippen molar-refractivity contribution in [1.29, 1.82) is 0 Å². The van der Waals surface area contributed by atoms with Crippen LogP contribution in [0.5, 0.6) is 0 Å². The molecule has 0 fully saturated rings. The minimum Gasteiger partial charge on any atom is -0.380 e. The van der Waals surface area contributed by atoms with Crippen molar-refractivity contribution in [3.05, 3.63) is 35.1 Å². The molecule has 1 heteroatoms. The molecule has 0 spiro atoms. The Morgan fingerprint density at radius 1 is 1.42 bits per heavy atom. The predicted octanol–water partition coefficient (Wildman–Crippen LogP) is 2.34. The van der Waals surface area contributed by atoms with E-state index in [1.54, 1.807) is 0 Å². The molecule has 1 atom stereocenters. The molecule has 0 amide bonds. The molecule has 64 valence electrons. The maximum atomic E-state index is 2.30. The van der Waals surface area contributed by atoms with E-state index in [4.69, 9.17) is 0 Å². The van der Waals surface area contributed by atoms with Gasteiger partial charge in [0.05, 0.1) is 0 Å². The van der Waals surface area contributed by atoms with Crippen LogP contribution >= 0.6 is 0 Å². The lowest BCUT2D eigenvalue weighted by Crippen LogP contribution is -2.10. The van der Waals surface area contributed by atoms with Gasteiger partial charge in [0.25, 0.3) is 0 Å². The van der Waals surface area contributed by atoms with Crippen molar-refractivity contribution >= 4 is 0 Å². The van der Waals surface area contributed by atoms with Crippen molar-refractivity contribution in [3.8, 4) is 0 Å². The third-order valence-electron chi connectivity index (χ3n) is 2.73. The Bertz CT molecular complexity index is 292. The molecule has 0 radical (unpaired) electrons. The van der Waals surface area contributed by atoms with Gasteiger partial charge in [-0.2, -0.15) is 0 Å². The van der Waals surface area contributed by atoms with Gasteiger partial charge in [-0.1, -0.05) is 25.2 Å². The lowest BCUT2D eigenvalue weighted by atomic mass is 10.0. The topological polar surface area (TPSA) is 3.24 Å². The molecule has 12 heavy (non-hydrogen) atoms. The van der Waals surface area contributed by atoms with E-state index in [-0.39, 0.29) is 0 Å². The number of nitrogens with zero attached hydrogens (tertiary/aromatic N) is 1. The fourth-order valence-corrected chi connectivity index (χ4v) is 2.06. The lowest BCUT2D eigenvalue weighted by Gasteiger charge is -2.14. The summed E-state index contributed by atoms with van der Waals surface area (Å²) in [6.07, 6.45) is 7.84. The minimum atomic E-state index is 0.715. The Balaban J connectivity index is 2.41. The van der Waals surface area contributed by atoms with Gasteiger partial charge in [0, 0.05) is 19.8 Å². The molecule has 1 unspecified atom stereocenters. The highest BCUT2D eigenvalue weighted by molar-refractivity contribution is 5.55. The molecule has 1 nitrogen and oxygen atoms in total. The normalized spacial score (nSPS) is 26.2. The van der Waals surface area contributed by atoms with Crippen molar-refractivity contribution in [2.75, 3.05) is 14.1 Å². The zero-order chi connectivity index (χ0) is 8.72. The number of allylic oxidation sites excluding steroid dienone is 6. The summed E-state index contributed by atoms with van der Waals surface area (Å²) in [5.74, 6) is 0.715. The molecule has 0 aromatic rings. The summed E-state index contributed by atoms with van der Waals surface area (Å²) in [7, 11) is 4.26. The van der Waals surface area contributed by atoms with E-state index in [1.165, 1.54) is 23.3 Å². The highest BCUT2D eigenvalue weighted by Gasteiger charge is 2.26. The third-order valence-corrected chi connectivity index (χ3v) is 2.73. The number of fused-ring (bicyclic) bond motifs is 1. The van der Waals surface area contributed by atoms with Gasteiger partial charge in [-0.25, -0.2) is 0 Å². The molecule has 0 heterocycles. The summed E-state index contributed by atoms with van der Waals surface area (Å²) >= 11 is 0. The molecule has 2 rings (SSSR count). The smallest absolute Gasteiger partial charge is 0.0210 e. The predicted molar refractivity (Wildman–Crippen MR) is 51.7 cm³/mol. The third kappa shape index (κ3) is 0.927. The monoisotopic (exact) mass is 161 g/mol. The van der Waals surface area contributed by atoms with E-state index in [1.807, 2.05) is 0 Å². The molecule has 2 aliphatic carbocycles. The van der Waals surface area contributed by atoms with E-state index >= 15 is 0 Å². The van der Waals surface area contributed by atoms with Crippen molar-refractivity contribution in [2.24, 2.45) is 5.92 Å². The van der Waals surface area contributed by atoms with E-state index < -0.39 is 0 Å². The van der Waals surface area contributed by atoms with Gasteiger partial charge in [-0.3, -0.25) is 0 Å². The molecule has 0 aromatic heterocycles. The molecule has 0 saturated carbocycles. The number of hydrogen-bond acceptors (Lipinski definition) is 1. The molecular formula is C11H15N. The minimum absolute atomic E-state index is 0.715. The first-order chi connectivity index (χ1) is 5.70. The summed E-state index contributed by atoms with van der Waals surface area (Å²) in [5, 5.41) is 0. The summed E-state index contributed by atoms with van der Waals surface area (Å²) < 4.78 is 0. The van der Waals surface area contributed by atoms with Crippen LogP contribution in [0.1, 0.15) is 13.3 Å². The van der Waals surface area contributed by atoms with Crippen LogP contribution < -0.4 is 0 Å². The summed E-state index contributed by atoms with van der Waals surface area (Å²) in [6.45, 7) is 2.30. The molecule has 0 aromatic carbocycles. The molecular weight excluding hydrogens is 146 g/mol. The summed E-state index contributed by atoms with van der Waals surface area (Å²) in [4.78, 5) is 2.24. The van der Waals surface area contributed by atoms with Crippen LogP contribution in [0, 0.1) is 5.92 Å². The van der Waals surface area contributed by atoms with Crippen LogP contribution in [0.3, 0.4) is 0 Å². The Hall–Kier alpha value is -0.980. The van der Waals surface area contributed by atoms with Gasteiger partial charge in [0.1, 0.15) is 0 Å². The highest BCUT2D eigenvalue weighted by atomic mass is 15.1. The van der Waals surface area contributed by atoms with E-state index in [0.29, 0.717) is 5.92 Å². The standard InChI is InChI=1S/C11H15N/c1-8-7-11(12(2)3)10-6-4-5-9(8)10/h4-6,8H,7H2,1-3H3. The Labute approximate surface area is 74.1 Å². The zero-order valence-electron chi connectivity index (χ0n) is 7.96. The Kier molecular flexibility index (Phi) is 1.60. The van der Waals surface area contributed by atoms with Gasteiger partial charge in [0.15, 0.2) is 0 Å². The van der Waals surface area contributed by atoms with Crippen LogP contribution in [0.4, 0.5) is 0 Å². The maximum Gasteiger partial charge on any atom is 0.0210 e. The van der Waals surface area contributed by atoms with Gasteiger partial charge >= 0.3 is 0 Å². The largest absolute Gasteiger partial charge is 0.380 e. The number of hydrogen-bond donors (Lipinski definition) is 0. The summed E-state index contributed by atoms with van der Waals surface area (Å²) in [6, 6.07) is 0. The quantitative estimate of drug-likeness (QED) is 0.570. The average molecular weight is 161 g/mol. The Morgan fingerprint density at radius 2 is 2.17 bits per heavy atom. The highest BCUT2D eigenvalue weighted by Crippen LogP contribution is 2.40. The first kappa shape index (κ1) is 7.66. The van der Waals surface area contributed by atoms with Crippen LogP contribution in [0.2, 0.25) is 0 Å². The van der Waals surface area contributed by atoms with Gasteiger partial charge < -0.3 is 4.90 Å². The van der Waals surface area contributed by atoms with E-state index in [0.717, 1.165) is 0 Å². The van der Waals surface area contributed by atoms with Crippen LogP contribution in [-0.2, 0) is 0 Å². The zero-order valence-corrected chi connectivity index (χ0v) is 7.96. The molecule has 0 bridgehead atoms. The fraction of sp³-hybridized carbons (Fsp3) is 0.455. The van der Waals surface area contributed by atoms with Crippen molar-refractivity contribution in [1.82, 2.24) is 4.90 Å². The molecule has 2 aliphatic rings. The van der Waals surface area contributed by atoms with Gasteiger partial charge in [-0.15, -0.1) is 0 Å². The average Bonchev–Trinajstić information content (AvgIpc) is 2.53. The van der Waals surface area contributed by atoms with Gasteiger partial charge in [-0.05, 0) is 23.5 Å². The van der Waals surface area contributed by atoms with Crippen LogP contribution in [0.15, 0.2) is 35.1 Å². The van der Waals surface area contributed by atoms with E-state index in [9.17, 15) is 0 Å². The van der Waals surface area contributed by atoms with Crippen LogP contribution in [-0.4, -0.2) is 19.0 Å². The maximum absolute atomic E-state index is 2.30. The Morgan fingerprint density at radius 3 is 2.83 bits per heavy atom. The van der Waals surface area contributed by atoms with E-state index in [2.05, 4.69) is 44.1 Å². The van der Waals surface area contributed by atoms with Crippen LogP contribution in [0.25, 0.3) is 0 Å². The SMILES string of the molecule is CC1CC(N(C)C)=C2C=CC=C21. The van der Waals surface area contributed by atoms with Gasteiger partial charge in [0.2, 0.25) is 0 Å². The molecule has 0 aliphatic heterocycles. The van der Waals surface area contributed by atoms with Crippen molar-refractivity contribution in [3.63, 3.8) is 0 Å². The second kappa shape index (κ2) is 2.51. The second-order valence-electron chi connectivity index (χ2n) is 3.84. The number of rotatable bonds is 1. The summed E-state index contributed by atoms with van der Waals surface area (Å²) in [5.41, 5.74) is 4.48.